The van der Waals surface area contributed by atoms with Gasteiger partial charge in [0.1, 0.15) is 30.6 Å². The smallest absolute Gasteiger partial charge is 0.266 e. The Morgan fingerprint density at radius 2 is 1.82 bits per heavy atom. The first-order chi connectivity index (χ1) is 18.7. The number of hydrogen-bond donors (Lipinski definition) is 1. The van der Waals surface area contributed by atoms with E-state index in [2.05, 4.69) is 10.3 Å². The van der Waals surface area contributed by atoms with Gasteiger partial charge in [0, 0.05) is 28.9 Å². The number of rotatable bonds is 5. The molecule has 5 aromatic rings. The van der Waals surface area contributed by atoms with Gasteiger partial charge in [-0.3, -0.25) is 9.78 Å². The first-order valence-electron chi connectivity index (χ1n) is 12.0. The lowest BCUT2D eigenvalue weighted by atomic mass is 10.0. The third-order valence-electron chi connectivity index (χ3n) is 6.14. The van der Waals surface area contributed by atoms with Crippen LogP contribution in [0.15, 0.2) is 96.8 Å². The number of anilines is 1. The lowest BCUT2D eigenvalue weighted by molar-refractivity contribution is -0.112. The first kappa shape index (κ1) is 23.0. The molecule has 3 heterocycles. The zero-order valence-electron chi connectivity index (χ0n) is 20.2. The number of carbonyl (C=O) groups excluding carboxylic acids is 1. The summed E-state index contributed by atoms with van der Waals surface area (Å²) in [6.45, 7) is 0.959. The van der Waals surface area contributed by atoms with E-state index in [1.807, 2.05) is 72.8 Å². The predicted octanol–water partition coefficient (Wildman–Crippen LogP) is 5.40. The molecule has 6 rings (SSSR count). The van der Waals surface area contributed by atoms with E-state index in [4.69, 9.17) is 14.6 Å². The number of ether oxygens (including phenoxy) is 2. The van der Waals surface area contributed by atoms with Gasteiger partial charge in [-0.25, -0.2) is 4.68 Å². The van der Waals surface area contributed by atoms with Crippen LogP contribution in [0.1, 0.15) is 5.56 Å². The monoisotopic (exact) mass is 499 g/mol. The van der Waals surface area contributed by atoms with Gasteiger partial charge in [0.05, 0.1) is 16.9 Å². The number of pyridine rings is 1. The molecule has 0 aliphatic carbocycles. The molecule has 3 aromatic carbocycles. The van der Waals surface area contributed by atoms with Crippen molar-refractivity contribution >= 4 is 28.6 Å². The number of fused-ring (bicyclic) bond motifs is 2. The number of nitrogens with zero attached hydrogens (tertiary/aromatic N) is 4. The summed E-state index contributed by atoms with van der Waals surface area (Å²) in [5.74, 6) is 0.770. The van der Waals surface area contributed by atoms with Gasteiger partial charge in [0.15, 0.2) is 11.5 Å². The maximum Gasteiger partial charge on any atom is 0.266 e. The molecule has 1 N–H and O–H groups in total. The van der Waals surface area contributed by atoms with Gasteiger partial charge in [-0.05, 0) is 60.7 Å². The second kappa shape index (κ2) is 9.91. The fourth-order valence-electron chi connectivity index (χ4n) is 4.33. The molecule has 0 unspecified atom stereocenters. The molecule has 0 saturated heterocycles. The van der Waals surface area contributed by atoms with Crippen LogP contribution < -0.4 is 14.8 Å². The first-order valence-corrected chi connectivity index (χ1v) is 12.0. The van der Waals surface area contributed by atoms with Gasteiger partial charge < -0.3 is 14.8 Å². The van der Waals surface area contributed by atoms with Crippen LogP contribution in [0.3, 0.4) is 0 Å². The number of nitrogens with one attached hydrogen (secondary N) is 1. The molecule has 8 heteroatoms. The van der Waals surface area contributed by atoms with Gasteiger partial charge in [0.2, 0.25) is 0 Å². The Bertz CT molecular complexity index is 1730. The molecular weight excluding hydrogens is 478 g/mol. The Labute approximate surface area is 218 Å². The summed E-state index contributed by atoms with van der Waals surface area (Å²) in [5.41, 5.74) is 4.09. The molecule has 0 bridgehead atoms. The van der Waals surface area contributed by atoms with Crippen LogP contribution in [-0.4, -0.2) is 33.9 Å². The third-order valence-corrected chi connectivity index (χ3v) is 6.14. The van der Waals surface area contributed by atoms with E-state index < -0.39 is 5.91 Å². The van der Waals surface area contributed by atoms with Crippen molar-refractivity contribution in [1.29, 1.82) is 5.26 Å². The van der Waals surface area contributed by atoms with E-state index in [0.29, 0.717) is 41.7 Å². The number of benzene rings is 3. The number of amides is 1. The molecule has 0 atom stereocenters. The number of aromatic nitrogens is 3. The molecular formula is C30H21N5O3. The van der Waals surface area contributed by atoms with Crippen molar-refractivity contribution in [3.63, 3.8) is 0 Å². The predicted molar refractivity (Wildman–Crippen MR) is 144 cm³/mol. The topological polar surface area (TPSA) is 102 Å². The molecule has 0 fully saturated rings. The molecule has 2 aromatic heterocycles. The molecule has 184 valence electrons. The van der Waals surface area contributed by atoms with Crippen molar-refractivity contribution in [2.75, 3.05) is 18.5 Å². The minimum Gasteiger partial charge on any atom is -0.486 e. The number of hydrogen-bond acceptors (Lipinski definition) is 6. The highest BCUT2D eigenvalue weighted by Gasteiger charge is 2.19. The van der Waals surface area contributed by atoms with E-state index in [9.17, 15) is 10.1 Å². The largest absolute Gasteiger partial charge is 0.486 e. The highest BCUT2D eigenvalue weighted by molar-refractivity contribution is 6.12. The van der Waals surface area contributed by atoms with Crippen LogP contribution >= 0.6 is 0 Å². The Morgan fingerprint density at radius 1 is 0.974 bits per heavy atom. The van der Waals surface area contributed by atoms with E-state index >= 15 is 0 Å². The maximum atomic E-state index is 13.2. The third kappa shape index (κ3) is 4.45. The second-order valence-corrected chi connectivity index (χ2v) is 8.57. The maximum absolute atomic E-state index is 13.2. The van der Waals surface area contributed by atoms with Crippen LogP contribution in [0.2, 0.25) is 0 Å². The van der Waals surface area contributed by atoms with Gasteiger partial charge >= 0.3 is 0 Å². The van der Waals surface area contributed by atoms with E-state index in [1.165, 1.54) is 0 Å². The fraction of sp³-hybridized carbons (Fsp3) is 0.0667. The van der Waals surface area contributed by atoms with Gasteiger partial charge in [-0.2, -0.15) is 10.4 Å². The van der Waals surface area contributed by atoms with Crippen molar-refractivity contribution in [2.45, 2.75) is 0 Å². The summed E-state index contributed by atoms with van der Waals surface area (Å²) in [5, 5.41) is 18.4. The molecule has 1 aliphatic heterocycles. The van der Waals surface area contributed by atoms with Crippen molar-refractivity contribution < 1.29 is 14.3 Å². The average Bonchev–Trinajstić information content (AvgIpc) is 3.40. The zero-order chi connectivity index (χ0) is 25.9. The van der Waals surface area contributed by atoms with Crippen molar-refractivity contribution in [1.82, 2.24) is 14.8 Å². The van der Waals surface area contributed by atoms with Crippen LogP contribution in [0.4, 0.5) is 5.69 Å². The Balaban J connectivity index is 1.41. The molecule has 8 nitrogen and oxygen atoms in total. The number of para-hydroxylation sites is 1. The minimum atomic E-state index is -0.524. The Hall–Kier alpha value is -5.42. The summed E-state index contributed by atoms with van der Waals surface area (Å²) >= 11 is 0. The van der Waals surface area contributed by atoms with Crippen molar-refractivity contribution in [2.24, 2.45) is 0 Å². The van der Waals surface area contributed by atoms with Crippen molar-refractivity contribution in [3.8, 4) is 34.5 Å². The van der Waals surface area contributed by atoms with E-state index in [1.54, 1.807) is 35.3 Å². The highest BCUT2D eigenvalue weighted by atomic mass is 16.6. The quantitative estimate of drug-likeness (QED) is 0.256. The summed E-state index contributed by atoms with van der Waals surface area (Å²) in [7, 11) is 0. The normalized spacial score (nSPS) is 12.7. The highest BCUT2D eigenvalue weighted by Crippen LogP contribution is 2.36. The van der Waals surface area contributed by atoms with Crippen LogP contribution in [0.5, 0.6) is 11.5 Å². The molecule has 1 amide bonds. The molecule has 1 aliphatic rings. The van der Waals surface area contributed by atoms with E-state index in [-0.39, 0.29) is 5.57 Å². The Morgan fingerprint density at radius 3 is 2.66 bits per heavy atom. The molecule has 38 heavy (non-hydrogen) atoms. The van der Waals surface area contributed by atoms with Crippen molar-refractivity contribution in [3.05, 3.63) is 102 Å². The Kier molecular flexibility index (Phi) is 6.00. The number of carbonyl (C=O) groups is 1. The molecule has 0 spiro atoms. The summed E-state index contributed by atoms with van der Waals surface area (Å²) < 4.78 is 13.1. The molecule has 0 radical (unpaired) electrons. The van der Waals surface area contributed by atoms with E-state index in [0.717, 1.165) is 22.2 Å². The van der Waals surface area contributed by atoms with Gasteiger partial charge in [-0.15, -0.1) is 0 Å². The SMILES string of the molecule is N#C/C(=C\c1cn(-c2ccccc2)nc1-c1ccc2c(c1)OCCO2)C(=O)Nc1cccc2ncccc12. The lowest BCUT2D eigenvalue weighted by Gasteiger charge is -2.18. The zero-order valence-corrected chi connectivity index (χ0v) is 20.2. The van der Waals surface area contributed by atoms with Crippen LogP contribution in [-0.2, 0) is 4.79 Å². The van der Waals surface area contributed by atoms with Crippen LogP contribution in [0.25, 0.3) is 33.9 Å². The lowest BCUT2D eigenvalue weighted by Crippen LogP contribution is -2.15. The number of nitriles is 1. The minimum absolute atomic E-state index is 0.0581. The van der Waals surface area contributed by atoms with Crippen LogP contribution in [0, 0.1) is 11.3 Å². The second-order valence-electron chi connectivity index (χ2n) is 8.57. The summed E-state index contributed by atoms with van der Waals surface area (Å²) in [6, 6.07) is 26.4. The molecule has 0 saturated carbocycles. The fourth-order valence-corrected chi connectivity index (χ4v) is 4.33. The van der Waals surface area contributed by atoms with Gasteiger partial charge in [0.25, 0.3) is 5.91 Å². The standard InChI is InChI=1S/C30H21N5O3/c31-18-21(30(36)33-26-10-4-9-25-24(26)8-5-13-32-25)16-22-19-35(23-6-2-1-3-7-23)34-29(22)20-11-12-27-28(17-20)38-15-14-37-27/h1-13,16-17,19H,14-15H2,(H,33,36)/b21-16+. The summed E-state index contributed by atoms with van der Waals surface area (Å²) in [6.07, 6.45) is 5.05. The summed E-state index contributed by atoms with van der Waals surface area (Å²) in [4.78, 5) is 17.5. The average molecular weight is 500 g/mol. The van der Waals surface area contributed by atoms with Gasteiger partial charge in [-0.1, -0.05) is 24.3 Å².